The Labute approximate surface area is 167 Å². The molecule has 0 bridgehead atoms. The predicted octanol–water partition coefficient (Wildman–Crippen LogP) is 2.46. The number of halogens is 1. The van der Waals surface area contributed by atoms with Crippen LogP contribution in [0.15, 0.2) is 24.3 Å². The zero-order valence-electron chi connectivity index (χ0n) is 15.6. The molecule has 7 nitrogen and oxygen atoms in total. The Kier molecular flexibility index (Phi) is 7.44. The molecule has 2 aromatic rings. The maximum absolute atomic E-state index is 12.9. The fraction of sp³-hybridized carbons (Fsp3) is 0.474. The first-order valence-electron chi connectivity index (χ1n) is 9.48. The molecule has 1 aromatic heterocycles. The molecular weight excluding hydrogens is 381 g/mol. The second kappa shape index (κ2) is 10.2. The van der Waals surface area contributed by atoms with Crippen LogP contribution >= 0.6 is 11.3 Å². The Balaban J connectivity index is 1.35. The summed E-state index contributed by atoms with van der Waals surface area (Å²) < 4.78 is 12.9. The van der Waals surface area contributed by atoms with Crippen LogP contribution in [0.2, 0.25) is 0 Å². The summed E-state index contributed by atoms with van der Waals surface area (Å²) in [5.41, 5.74) is 0.483. The number of amides is 2. The van der Waals surface area contributed by atoms with Gasteiger partial charge in [-0.3, -0.25) is 9.59 Å². The van der Waals surface area contributed by atoms with Gasteiger partial charge in [0.1, 0.15) is 10.8 Å². The van der Waals surface area contributed by atoms with E-state index in [1.54, 1.807) is 0 Å². The van der Waals surface area contributed by atoms with Crippen molar-refractivity contribution in [3.05, 3.63) is 40.1 Å². The molecule has 2 amide bonds. The van der Waals surface area contributed by atoms with Crippen molar-refractivity contribution in [1.82, 2.24) is 20.4 Å². The molecular formula is C19H24FN5O2S. The van der Waals surface area contributed by atoms with E-state index in [-0.39, 0.29) is 16.7 Å². The first-order valence-corrected chi connectivity index (χ1v) is 10.3. The lowest BCUT2D eigenvalue weighted by atomic mass is 10.3. The largest absolute Gasteiger partial charge is 0.356 e. The van der Waals surface area contributed by atoms with Gasteiger partial charge in [-0.05, 0) is 63.2 Å². The molecule has 3 rings (SSSR count). The highest BCUT2D eigenvalue weighted by Crippen LogP contribution is 2.15. The number of aromatic nitrogens is 2. The van der Waals surface area contributed by atoms with Gasteiger partial charge < -0.3 is 15.5 Å². The zero-order valence-corrected chi connectivity index (χ0v) is 16.4. The van der Waals surface area contributed by atoms with Gasteiger partial charge in [0.2, 0.25) is 10.9 Å². The highest BCUT2D eigenvalue weighted by molar-refractivity contribution is 7.13. The average Bonchev–Trinajstić information content (AvgIpc) is 3.37. The van der Waals surface area contributed by atoms with E-state index >= 15 is 0 Å². The monoisotopic (exact) mass is 405 g/mol. The molecule has 0 atom stereocenters. The number of benzene rings is 1. The fourth-order valence-electron chi connectivity index (χ4n) is 3.01. The van der Waals surface area contributed by atoms with E-state index in [2.05, 4.69) is 25.7 Å². The van der Waals surface area contributed by atoms with E-state index in [0.717, 1.165) is 24.3 Å². The molecule has 28 heavy (non-hydrogen) atoms. The summed E-state index contributed by atoms with van der Waals surface area (Å²) in [5.74, 6) is -0.791. The number of hydrogen-bond donors (Lipinski definition) is 2. The molecule has 150 valence electrons. The zero-order chi connectivity index (χ0) is 19.8. The molecule has 0 unspecified atom stereocenters. The lowest BCUT2D eigenvalue weighted by molar-refractivity contribution is -0.121. The van der Waals surface area contributed by atoms with Gasteiger partial charge in [0.25, 0.3) is 5.91 Å². The summed E-state index contributed by atoms with van der Waals surface area (Å²) in [6, 6.07) is 5.49. The van der Waals surface area contributed by atoms with E-state index in [9.17, 15) is 14.0 Å². The summed E-state index contributed by atoms with van der Waals surface area (Å²) in [5, 5.41) is 14.3. The minimum absolute atomic E-state index is 0.0195. The SMILES string of the molecule is O=C(CCc1nnc(C(=O)Nc2ccc(F)cc2)s1)NCCCN1CCCC1. The standard InChI is InChI=1S/C19H24FN5O2S/c20-14-4-6-15(7-5-14)22-18(27)19-24-23-17(28-19)9-8-16(26)21-10-3-13-25-11-1-2-12-25/h4-7H,1-3,8-13H2,(H,21,26)(H,22,27). The molecule has 9 heteroatoms. The Morgan fingerprint density at radius 2 is 1.89 bits per heavy atom. The number of carbonyl (C=O) groups excluding carboxylic acids is 2. The molecule has 1 fully saturated rings. The fourth-order valence-corrected chi connectivity index (χ4v) is 3.74. The third-order valence-electron chi connectivity index (χ3n) is 4.50. The van der Waals surface area contributed by atoms with Crippen molar-refractivity contribution in [2.24, 2.45) is 0 Å². The topological polar surface area (TPSA) is 87.2 Å². The van der Waals surface area contributed by atoms with Crippen molar-refractivity contribution in [2.75, 3.05) is 31.5 Å². The number of nitrogens with zero attached hydrogens (tertiary/aromatic N) is 3. The van der Waals surface area contributed by atoms with Crippen LogP contribution in [0.5, 0.6) is 0 Å². The van der Waals surface area contributed by atoms with E-state index < -0.39 is 5.91 Å². The number of nitrogens with one attached hydrogen (secondary N) is 2. The molecule has 2 heterocycles. The van der Waals surface area contributed by atoms with Gasteiger partial charge in [0, 0.05) is 25.1 Å². The van der Waals surface area contributed by atoms with E-state index in [4.69, 9.17) is 0 Å². The minimum atomic E-state index is -0.401. The van der Waals surface area contributed by atoms with E-state index in [0.29, 0.717) is 30.1 Å². The lowest BCUT2D eigenvalue weighted by Crippen LogP contribution is -2.28. The van der Waals surface area contributed by atoms with E-state index in [1.165, 1.54) is 50.2 Å². The summed E-state index contributed by atoms with van der Waals surface area (Å²) in [6.07, 6.45) is 4.27. The van der Waals surface area contributed by atoms with Crippen molar-refractivity contribution < 1.29 is 14.0 Å². The summed E-state index contributed by atoms with van der Waals surface area (Å²) in [7, 11) is 0. The van der Waals surface area contributed by atoms with Crippen LogP contribution in [-0.2, 0) is 11.2 Å². The average molecular weight is 405 g/mol. The second-order valence-electron chi connectivity index (χ2n) is 6.71. The molecule has 1 aliphatic rings. The highest BCUT2D eigenvalue weighted by Gasteiger charge is 2.14. The van der Waals surface area contributed by atoms with Gasteiger partial charge in [-0.25, -0.2) is 4.39 Å². The van der Waals surface area contributed by atoms with Gasteiger partial charge in [-0.2, -0.15) is 0 Å². The molecule has 0 spiro atoms. The van der Waals surface area contributed by atoms with E-state index in [1.807, 2.05) is 0 Å². The molecule has 0 aliphatic carbocycles. The number of hydrogen-bond acceptors (Lipinski definition) is 6. The van der Waals surface area contributed by atoms with Crippen LogP contribution in [-0.4, -0.2) is 53.1 Å². The van der Waals surface area contributed by atoms with Crippen molar-refractivity contribution in [3.8, 4) is 0 Å². The molecule has 0 radical (unpaired) electrons. The molecule has 1 aliphatic heterocycles. The third-order valence-corrected chi connectivity index (χ3v) is 5.48. The normalized spacial score (nSPS) is 14.2. The Morgan fingerprint density at radius 3 is 2.64 bits per heavy atom. The van der Waals surface area contributed by atoms with Gasteiger partial charge in [0.15, 0.2) is 0 Å². The highest BCUT2D eigenvalue weighted by atomic mass is 32.1. The quantitative estimate of drug-likeness (QED) is 0.626. The predicted molar refractivity (Wildman–Crippen MR) is 106 cm³/mol. The van der Waals surface area contributed by atoms with Crippen LogP contribution in [0.3, 0.4) is 0 Å². The minimum Gasteiger partial charge on any atom is -0.356 e. The number of aryl methyl sites for hydroxylation is 1. The van der Waals surface area contributed by atoms with Crippen molar-refractivity contribution in [3.63, 3.8) is 0 Å². The Hall–Kier alpha value is -2.39. The first kappa shape index (κ1) is 20.3. The number of likely N-dealkylation sites (tertiary alicyclic amines) is 1. The molecule has 0 saturated carbocycles. The van der Waals surface area contributed by atoms with Crippen molar-refractivity contribution >= 4 is 28.8 Å². The Morgan fingerprint density at radius 1 is 1.14 bits per heavy atom. The lowest BCUT2D eigenvalue weighted by Gasteiger charge is -2.14. The summed E-state index contributed by atoms with van der Waals surface area (Å²) in [4.78, 5) is 26.5. The van der Waals surface area contributed by atoms with Gasteiger partial charge in [-0.15, -0.1) is 10.2 Å². The number of anilines is 1. The number of carbonyl (C=O) groups is 2. The van der Waals surface area contributed by atoms with Crippen molar-refractivity contribution in [2.45, 2.75) is 32.1 Å². The maximum Gasteiger partial charge on any atom is 0.286 e. The second-order valence-corrected chi connectivity index (χ2v) is 7.78. The Bertz CT molecular complexity index is 790. The van der Waals surface area contributed by atoms with Crippen LogP contribution in [0, 0.1) is 5.82 Å². The number of rotatable bonds is 9. The molecule has 1 aromatic carbocycles. The maximum atomic E-state index is 12.9. The van der Waals surface area contributed by atoms with Crippen LogP contribution in [0.4, 0.5) is 10.1 Å². The first-order chi connectivity index (χ1) is 13.6. The van der Waals surface area contributed by atoms with Crippen LogP contribution in [0.1, 0.15) is 40.5 Å². The van der Waals surface area contributed by atoms with Gasteiger partial charge in [-0.1, -0.05) is 11.3 Å². The molecule has 2 N–H and O–H groups in total. The van der Waals surface area contributed by atoms with Gasteiger partial charge >= 0.3 is 0 Å². The van der Waals surface area contributed by atoms with Crippen LogP contribution < -0.4 is 10.6 Å². The summed E-state index contributed by atoms with van der Waals surface area (Å²) in [6.45, 7) is 4.05. The smallest absolute Gasteiger partial charge is 0.286 e. The van der Waals surface area contributed by atoms with Crippen LogP contribution in [0.25, 0.3) is 0 Å². The van der Waals surface area contributed by atoms with Gasteiger partial charge in [0.05, 0.1) is 0 Å². The third kappa shape index (κ3) is 6.35. The van der Waals surface area contributed by atoms with Crippen molar-refractivity contribution in [1.29, 1.82) is 0 Å². The summed E-state index contributed by atoms with van der Waals surface area (Å²) >= 11 is 1.16. The molecule has 1 saturated heterocycles.